The zero-order chi connectivity index (χ0) is 30.8. The summed E-state index contributed by atoms with van der Waals surface area (Å²) in [5, 5.41) is 18.5. The zero-order valence-corrected chi connectivity index (χ0v) is 34.7. The van der Waals surface area contributed by atoms with Gasteiger partial charge in [-0.05, 0) is 43.4 Å². The molecular weight excluding hydrogens is 736 g/mol. The average molecular weight is 804 g/mol. The van der Waals surface area contributed by atoms with E-state index in [0.717, 1.165) is 79.1 Å². The summed E-state index contributed by atoms with van der Waals surface area (Å²) in [6.45, 7) is 22.3. The van der Waals surface area contributed by atoms with E-state index in [-0.39, 0.29) is 40.0 Å². The van der Waals surface area contributed by atoms with Crippen molar-refractivity contribution in [2.24, 2.45) is 23.7 Å². The minimum absolute atomic E-state index is 0. The van der Waals surface area contributed by atoms with Gasteiger partial charge in [0, 0.05) is 23.9 Å². The number of hydrogen-bond donors (Lipinski definition) is 2. The molecule has 0 saturated carbocycles. The Labute approximate surface area is 295 Å². The van der Waals surface area contributed by atoms with E-state index in [4.69, 9.17) is 10.2 Å². The molecule has 0 radical (unpaired) electrons. The van der Waals surface area contributed by atoms with Crippen LogP contribution in [0.2, 0.25) is 0 Å². The van der Waals surface area contributed by atoms with Gasteiger partial charge in [0.2, 0.25) is 0 Å². The van der Waals surface area contributed by atoms with Crippen molar-refractivity contribution in [3.05, 3.63) is 6.92 Å². The van der Waals surface area contributed by atoms with Crippen LogP contribution in [0.1, 0.15) is 126 Å². The van der Waals surface area contributed by atoms with Gasteiger partial charge in [0.25, 0.3) is 10.1 Å². The van der Waals surface area contributed by atoms with E-state index in [1.807, 2.05) is 0 Å². The molecule has 0 heterocycles. The fourth-order valence-corrected chi connectivity index (χ4v) is 3.75. The standard InChI is InChI=1S/C9H20O3S.C8H18O.C5H11Br.C5H11.C3H7BrO.BrH.Mg/c1-9(2)7-5-4-6-8-12-13(3,10)11;1-8(2)6-4-3-5-7-9;1-5(2)3-4-6;1-4-5(2)3;4-2-1-3-5;;/h9H,4-8H2,1-3H3;8-9H,3-7H2,1-2H3;5H,3-4H2,1-2H3;5H,1,4H2,2-3H3;5H,1-3H2;1H;/q;;;-1;;;+2/p-1. The second kappa shape index (κ2) is 48.0. The van der Waals surface area contributed by atoms with Gasteiger partial charge >= 0.3 is 23.1 Å². The van der Waals surface area contributed by atoms with Crippen molar-refractivity contribution in [3.63, 3.8) is 0 Å². The van der Waals surface area contributed by atoms with Gasteiger partial charge in [-0.3, -0.25) is 4.18 Å². The van der Waals surface area contributed by atoms with Crippen molar-refractivity contribution < 1.29 is 39.8 Å². The number of hydrogen-bond acceptors (Lipinski definition) is 5. The predicted molar refractivity (Wildman–Crippen MR) is 184 cm³/mol. The van der Waals surface area contributed by atoms with E-state index < -0.39 is 10.1 Å². The molecular formula is C30H67Br3MgO5S. The topological polar surface area (TPSA) is 83.8 Å². The SMILES string of the molecule is CC(C)CCBr.CC(C)CCCCCO.CC(C)CCCCCOS(C)(=O)=O.OCCCBr.[Br-].[CH2-]CC(C)C.[Mg+2]. The van der Waals surface area contributed by atoms with Crippen LogP contribution >= 0.6 is 31.9 Å². The van der Waals surface area contributed by atoms with E-state index in [0.29, 0.717) is 19.8 Å². The fraction of sp³-hybridized carbons (Fsp3) is 0.967. The van der Waals surface area contributed by atoms with Crippen molar-refractivity contribution in [1.82, 2.24) is 0 Å². The summed E-state index contributed by atoms with van der Waals surface area (Å²) in [6.07, 6.45) is 13.3. The Morgan fingerprint density at radius 2 is 1.02 bits per heavy atom. The van der Waals surface area contributed by atoms with Crippen LogP contribution in [0.3, 0.4) is 0 Å². The van der Waals surface area contributed by atoms with Crippen molar-refractivity contribution in [3.8, 4) is 0 Å². The van der Waals surface area contributed by atoms with Gasteiger partial charge in [-0.2, -0.15) is 14.8 Å². The second-order valence-electron chi connectivity index (χ2n) is 11.1. The van der Waals surface area contributed by atoms with Crippen LogP contribution in [-0.4, -0.2) is 78.4 Å². The summed E-state index contributed by atoms with van der Waals surface area (Å²) >= 11 is 6.50. The van der Waals surface area contributed by atoms with Gasteiger partial charge in [0.1, 0.15) is 0 Å². The second-order valence-corrected chi connectivity index (χ2v) is 14.3. The normalized spacial score (nSPS) is 10.2. The van der Waals surface area contributed by atoms with E-state index in [1.54, 1.807) is 0 Å². The first-order valence-electron chi connectivity index (χ1n) is 14.6. The first kappa shape index (κ1) is 57.7. The van der Waals surface area contributed by atoms with Gasteiger partial charge < -0.3 is 34.1 Å². The molecule has 0 amide bonds. The Kier molecular flexibility index (Phi) is 69.1. The summed E-state index contributed by atoms with van der Waals surface area (Å²) in [7, 11) is -3.23. The number of aliphatic hydroxyl groups excluding tert-OH is 2. The van der Waals surface area contributed by atoms with Crippen molar-refractivity contribution in [2.75, 3.05) is 36.7 Å². The van der Waals surface area contributed by atoms with Gasteiger partial charge in [0.15, 0.2) is 0 Å². The van der Waals surface area contributed by atoms with Crippen LogP contribution in [0.4, 0.5) is 0 Å². The molecule has 2 N–H and O–H groups in total. The number of alkyl halides is 2. The largest absolute Gasteiger partial charge is 2.00 e. The van der Waals surface area contributed by atoms with Crippen LogP contribution in [0.25, 0.3) is 0 Å². The molecule has 0 saturated heterocycles. The van der Waals surface area contributed by atoms with Crippen LogP contribution < -0.4 is 17.0 Å². The summed E-state index contributed by atoms with van der Waals surface area (Å²) in [5.74, 6) is 3.18. The smallest absolute Gasteiger partial charge is 1.00 e. The average Bonchev–Trinajstić information content (AvgIpc) is 2.80. The molecule has 0 aromatic carbocycles. The molecule has 0 aliphatic heterocycles. The maximum Gasteiger partial charge on any atom is 2.00 e. The Hall–Kier alpha value is 2.04. The van der Waals surface area contributed by atoms with Crippen molar-refractivity contribution in [1.29, 1.82) is 0 Å². The number of halogens is 3. The van der Waals surface area contributed by atoms with Gasteiger partial charge in [-0.25, -0.2) is 0 Å². The molecule has 10 heteroatoms. The van der Waals surface area contributed by atoms with Gasteiger partial charge in [0.05, 0.1) is 12.9 Å². The van der Waals surface area contributed by atoms with E-state index in [2.05, 4.69) is 98.4 Å². The Bertz CT molecular complexity index is 494. The van der Waals surface area contributed by atoms with E-state index >= 15 is 0 Å². The van der Waals surface area contributed by atoms with E-state index in [1.165, 1.54) is 32.1 Å². The van der Waals surface area contributed by atoms with E-state index in [9.17, 15) is 8.42 Å². The Morgan fingerprint density at radius 1 is 0.650 bits per heavy atom. The molecule has 40 heavy (non-hydrogen) atoms. The number of rotatable bonds is 17. The van der Waals surface area contributed by atoms with Crippen molar-refractivity contribution in [2.45, 2.75) is 126 Å². The maximum atomic E-state index is 10.5. The monoisotopic (exact) mass is 800 g/mol. The number of unbranched alkanes of at least 4 members (excludes halogenated alkanes) is 4. The molecule has 5 nitrogen and oxygen atoms in total. The Morgan fingerprint density at radius 3 is 1.23 bits per heavy atom. The third-order valence-electron chi connectivity index (χ3n) is 4.72. The van der Waals surface area contributed by atoms with Crippen LogP contribution in [0, 0.1) is 30.6 Å². The summed E-state index contributed by atoms with van der Waals surface area (Å²) in [5.41, 5.74) is 0. The molecule has 0 aliphatic rings. The fourth-order valence-electron chi connectivity index (χ4n) is 2.16. The third-order valence-corrected chi connectivity index (χ3v) is 6.33. The molecule has 246 valence electrons. The molecule has 0 aliphatic carbocycles. The summed E-state index contributed by atoms with van der Waals surface area (Å²) in [4.78, 5) is 0. The zero-order valence-electron chi connectivity index (χ0n) is 27.7. The van der Waals surface area contributed by atoms with Crippen LogP contribution in [-0.2, 0) is 14.3 Å². The summed E-state index contributed by atoms with van der Waals surface area (Å²) < 4.78 is 25.7. The minimum Gasteiger partial charge on any atom is -1.00 e. The first-order valence-corrected chi connectivity index (χ1v) is 18.7. The third kappa shape index (κ3) is 97.3. The first-order chi connectivity index (χ1) is 17.6. The predicted octanol–water partition coefficient (Wildman–Crippen LogP) is 6.05. The quantitative estimate of drug-likeness (QED) is 0.0616. The minimum atomic E-state index is -3.23. The molecule has 0 spiro atoms. The molecule has 0 aromatic rings. The molecule has 0 aromatic heterocycles. The Balaban J connectivity index is -0.0000000712. The maximum absolute atomic E-state index is 10.5. The molecule has 0 atom stereocenters. The van der Waals surface area contributed by atoms with Crippen LogP contribution in [0.15, 0.2) is 0 Å². The molecule has 0 rings (SSSR count). The molecule has 0 fully saturated rings. The molecule has 0 unspecified atom stereocenters. The molecule has 0 bridgehead atoms. The van der Waals surface area contributed by atoms with Gasteiger partial charge in [-0.1, -0.05) is 132 Å². The summed E-state index contributed by atoms with van der Waals surface area (Å²) in [6, 6.07) is 0. The number of aliphatic hydroxyl groups is 2. The van der Waals surface area contributed by atoms with Gasteiger partial charge in [-0.15, -0.1) is 0 Å². The van der Waals surface area contributed by atoms with Crippen molar-refractivity contribution >= 4 is 65.0 Å². The van der Waals surface area contributed by atoms with Crippen LogP contribution in [0.5, 0.6) is 0 Å².